The van der Waals surface area contributed by atoms with Crippen molar-refractivity contribution >= 4 is 12.2 Å². The smallest absolute Gasteiger partial charge is 0.308 e. The van der Waals surface area contributed by atoms with Gasteiger partial charge in [-0.2, -0.15) is 0 Å². The number of nitrogens with one attached hydrogen (secondary N) is 1. The quantitative estimate of drug-likeness (QED) is 0.621. The van der Waals surface area contributed by atoms with Crippen LogP contribution in [0, 0.1) is 11.8 Å². The van der Waals surface area contributed by atoms with Crippen LogP contribution in [-0.4, -0.2) is 23.8 Å². The summed E-state index contributed by atoms with van der Waals surface area (Å²) in [6.07, 6.45) is 5.25. The number of carboxylic acid groups (broad SMARTS) is 1. The van der Waals surface area contributed by atoms with Crippen LogP contribution < -0.4 is 5.32 Å². The minimum absolute atomic E-state index is 0.242. The lowest BCUT2D eigenvalue weighted by Gasteiger charge is -2.31. The molecule has 2 unspecified atom stereocenters. The number of rotatable bonds is 1. The number of carboxylic acids is 1. The molecule has 0 saturated carbocycles. The van der Waals surface area contributed by atoms with Gasteiger partial charge >= 0.3 is 5.97 Å². The van der Waals surface area contributed by atoms with E-state index in [-0.39, 0.29) is 5.92 Å². The SMILES string of the molecule is O=C(O)C1CNC2=CN=CCC2C1. The van der Waals surface area contributed by atoms with Gasteiger partial charge in [-0.1, -0.05) is 0 Å². The van der Waals surface area contributed by atoms with Gasteiger partial charge in [0.25, 0.3) is 0 Å². The van der Waals surface area contributed by atoms with E-state index in [2.05, 4.69) is 10.3 Å². The van der Waals surface area contributed by atoms with Crippen molar-refractivity contribution in [1.29, 1.82) is 0 Å². The fourth-order valence-electron chi connectivity index (χ4n) is 1.82. The van der Waals surface area contributed by atoms with Crippen LogP contribution in [0.25, 0.3) is 0 Å². The standard InChI is InChI=1S/C9H12N2O2/c12-9(13)7-3-6-1-2-10-5-8(6)11-4-7/h2,5-7,11H,1,3-4H2,(H,12,13). The Hall–Kier alpha value is -1.32. The largest absolute Gasteiger partial charge is 0.481 e. The fourth-order valence-corrected chi connectivity index (χ4v) is 1.82. The number of hydrogen-bond acceptors (Lipinski definition) is 3. The van der Waals surface area contributed by atoms with Gasteiger partial charge in [-0.3, -0.25) is 9.79 Å². The molecule has 0 aromatic carbocycles. The second-order valence-electron chi connectivity index (χ2n) is 3.50. The maximum absolute atomic E-state index is 10.7. The Morgan fingerprint density at radius 1 is 1.69 bits per heavy atom. The highest BCUT2D eigenvalue weighted by Gasteiger charge is 2.30. The van der Waals surface area contributed by atoms with E-state index < -0.39 is 5.97 Å². The maximum atomic E-state index is 10.7. The zero-order valence-corrected chi connectivity index (χ0v) is 7.23. The summed E-state index contributed by atoms with van der Waals surface area (Å²) >= 11 is 0. The number of allylic oxidation sites excluding steroid dienone is 1. The van der Waals surface area contributed by atoms with E-state index in [1.807, 2.05) is 6.21 Å². The van der Waals surface area contributed by atoms with Crippen molar-refractivity contribution in [3.8, 4) is 0 Å². The van der Waals surface area contributed by atoms with Gasteiger partial charge in [0.05, 0.1) is 5.92 Å². The molecule has 0 spiro atoms. The van der Waals surface area contributed by atoms with E-state index in [1.165, 1.54) is 0 Å². The number of piperidine rings is 1. The minimum Gasteiger partial charge on any atom is -0.481 e. The number of carbonyl (C=O) groups is 1. The molecular weight excluding hydrogens is 168 g/mol. The van der Waals surface area contributed by atoms with Gasteiger partial charge in [-0.15, -0.1) is 0 Å². The lowest BCUT2D eigenvalue weighted by molar-refractivity contribution is -0.142. The summed E-state index contributed by atoms with van der Waals surface area (Å²) < 4.78 is 0. The Kier molecular flexibility index (Phi) is 2.04. The monoisotopic (exact) mass is 180 g/mol. The molecule has 4 heteroatoms. The summed E-state index contributed by atoms with van der Waals surface area (Å²) in [5, 5.41) is 12.0. The molecule has 4 nitrogen and oxygen atoms in total. The molecule has 2 aliphatic heterocycles. The zero-order chi connectivity index (χ0) is 9.26. The van der Waals surface area contributed by atoms with Crippen LogP contribution in [0.5, 0.6) is 0 Å². The van der Waals surface area contributed by atoms with Crippen LogP contribution >= 0.6 is 0 Å². The van der Waals surface area contributed by atoms with Crippen LogP contribution in [-0.2, 0) is 4.79 Å². The number of aliphatic imine (C=N–C) groups is 1. The van der Waals surface area contributed by atoms with Crippen LogP contribution in [0.3, 0.4) is 0 Å². The molecule has 2 aliphatic rings. The highest BCUT2D eigenvalue weighted by atomic mass is 16.4. The molecule has 2 N–H and O–H groups in total. The second-order valence-corrected chi connectivity index (χ2v) is 3.50. The summed E-state index contributed by atoms with van der Waals surface area (Å²) in [7, 11) is 0. The first kappa shape index (κ1) is 8.29. The van der Waals surface area contributed by atoms with E-state index in [0.29, 0.717) is 12.5 Å². The summed E-state index contributed by atoms with van der Waals surface area (Å²) in [6, 6.07) is 0. The van der Waals surface area contributed by atoms with Gasteiger partial charge in [0, 0.05) is 30.6 Å². The fraction of sp³-hybridized carbons (Fsp3) is 0.556. The Balaban J connectivity index is 2.07. The summed E-state index contributed by atoms with van der Waals surface area (Å²) in [4.78, 5) is 14.8. The first-order chi connectivity index (χ1) is 6.27. The Bertz CT molecular complexity index is 283. The molecule has 2 rings (SSSR count). The number of nitrogens with zero attached hydrogens (tertiary/aromatic N) is 1. The predicted octanol–water partition coefficient (Wildman–Crippen LogP) is 0.613. The number of aliphatic carboxylic acids is 1. The lowest BCUT2D eigenvalue weighted by atomic mass is 9.85. The molecule has 0 aromatic rings. The molecule has 0 bridgehead atoms. The average molecular weight is 180 g/mol. The molecule has 1 fully saturated rings. The molecule has 2 heterocycles. The van der Waals surface area contributed by atoms with Gasteiger partial charge in [-0.25, -0.2) is 0 Å². The molecule has 70 valence electrons. The molecule has 1 saturated heterocycles. The molecule has 0 aromatic heterocycles. The molecule has 0 radical (unpaired) electrons. The third-order valence-corrected chi connectivity index (χ3v) is 2.62. The zero-order valence-electron chi connectivity index (χ0n) is 7.23. The third-order valence-electron chi connectivity index (χ3n) is 2.62. The van der Waals surface area contributed by atoms with Crippen LogP contribution in [0.2, 0.25) is 0 Å². The molecular formula is C9H12N2O2. The van der Waals surface area contributed by atoms with E-state index >= 15 is 0 Å². The van der Waals surface area contributed by atoms with Crippen molar-refractivity contribution in [3.05, 3.63) is 11.9 Å². The van der Waals surface area contributed by atoms with Crippen molar-refractivity contribution in [2.45, 2.75) is 12.8 Å². The van der Waals surface area contributed by atoms with Crippen molar-refractivity contribution in [3.63, 3.8) is 0 Å². The van der Waals surface area contributed by atoms with Crippen molar-refractivity contribution in [2.24, 2.45) is 16.8 Å². The third kappa shape index (κ3) is 1.56. The molecule has 0 aliphatic carbocycles. The van der Waals surface area contributed by atoms with E-state index in [1.54, 1.807) is 6.20 Å². The first-order valence-electron chi connectivity index (χ1n) is 4.45. The highest BCUT2D eigenvalue weighted by Crippen LogP contribution is 2.27. The van der Waals surface area contributed by atoms with Crippen LogP contribution in [0.1, 0.15) is 12.8 Å². The Labute approximate surface area is 76.4 Å². The van der Waals surface area contributed by atoms with Gasteiger partial charge in [0.2, 0.25) is 0 Å². The topological polar surface area (TPSA) is 61.7 Å². The molecule has 2 atom stereocenters. The van der Waals surface area contributed by atoms with Gasteiger partial charge in [0.15, 0.2) is 0 Å². The summed E-state index contributed by atoms with van der Waals surface area (Å²) in [5.41, 5.74) is 1.10. The van der Waals surface area contributed by atoms with Gasteiger partial charge < -0.3 is 10.4 Å². The van der Waals surface area contributed by atoms with Crippen LogP contribution in [0.15, 0.2) is 16.9 Å². The van der Waals surface area contributed by atoms with E-state index in [9.17, 15) is 4.79 Å². The minimum atomic E-state index is -0.700. The van der Waals surface area contributed by atoms with Crippen molar-refractivity contribution < 1.29 is 9.90 Å². The average Bonchev–Trinajstić information content (AvgIpc) is 2.17. The number of hydrogen-bond donors (Lipinski definition) is 2. The highest BCUT2D eigenvalue weighted by molar-refractivity contribution is 5.71. The summed E-state index contributed by atoms with van der Waals surface area (Å²) in [5.74, 6) is -0.602. The normalized spacial score (nSPS) is 31.5. The number of fused-ring (bicyclic) bond motifs is 1. The van der Waals surface area contributed by atoms with Crippen molar-refractivity contribution in [1.82, 2.24) is 5.32 Å². The summed E-state index contributed by atoms with van der Waals surface area (Å²) in [6.45, 7) is 0.535. The van der Waals surface area contributed by atoms with E-state index in [4.69, 9.17) is 5.11 Å². The Morgan fingerprint density at radius 3 is 3.31 bits per heavy atom. The predicted molar refractivity (Wildman–Crippen MR) is 48.4 cm³/mol. The van der Waals surface area contributed by atoms with Crippen LogP contribution in [0.4, 0.5) is 0 Å². The van der Waals surface area contributed by atoms with Gasteiger partial charge in [0.1, 0.15) is 0 Å². The Morgan fingerprint density at radius 2 is 2.54 bits per heavy atom. The second kappa shape index (κ2) is 3.20. The van der Waals surface area contributed by atoms with Crippen molar-refractivity contribution in [2.75, 3.05) is 6.54 Å². The lowest BCUT2D eigenvalue weighted by Crippen LogP contribution is -2.38. The van der Waals surface area contributed by atoms with E-state index in [0.717, 1.165) is 18.5 Å². The maximum Gasteiger partial charge on any atom is 0.308 e. The first-order valence-corrected chi connectivity index (χ1v) is 4.45. The van der Waals surface area contributed by atoms with Gasteiger partial charge in [-0.05, 0) is 12.8 Å². The molecule has 13 heavy (non-hydrogen) atoms. The molecule has 0 amide bonds.